The van der Waals surface area contributed by atoms with E-state index in [4.69, 9.17) is 9.31 Å². The molecule has 1 fully saturated rings. The van der Waals surface area contributed by atoms with Crippen molar-refractivity contribution in [2.45, 2.75) is 65.2 Å². The third-order valence-corrected chi connectivity index (χ3v) is 6.06. The maximum atomic E-state index is 6.25. The molecule has 0 atom stereocenters. The van der Waals surface area contributed by atoms with Gasteiger partial charge in [-0.05, 0) is 51.7 Å². The van der Waals surface area contributed by atoms with E-state index in [9.17, 15) is 0 Å². The molecule has 1 saturated heterocycles. The highest BCUT2D eigenvalue weighted by atomic mass is 16.7. The molecule has 0 bridgehead atoms. The lowest BCUT2D eigenvalue weighted by molar-refractivity contribution is 0.00578. The molecular formula is C22H28BNO2. The zero-order valence-corrected chi connectivity index (χ0v) is 16.5. The van der Waals surface area contributed by atoms with E-state index in [1.54, 1.807) is 0 Å². The average Bonchev–Trinajstić information content (AvgIpc) is 3.03. The van der Waals surface area contributed by atoms with E-state index in [-0.39, 0.29) is 18.3 Å². The first kappa shape index (κ1) is 17.6. The van der Waals surface area contributed by atoms with Gasteiger partial charge in [0.1, 0.15) is 0 Å². The predicted molar refractivity (Wildman–Crippen MR) is 110 cm³/mol. The molecule has 1 aromatic heterocycles. The van der Waals surface area contributed by atoms with Crippen LogP contribution in [0, 0.1) is 0 Å². The summed E-state index contributed by atoms with van der Waals surface area (Å²) >= 11 is 0. The number of para-hydroxylation sites is 1. The van der Waals surface area contributed by atoms with Crippen molar-refractivity contribution >= 4 is 34.4 Å². The Hall–Kier alpha value is -1.78. The van der Waals surface area contributed by atoms with E-state index in [2.05, 4.69) is 81.7 Å². The van der Waals surface area contributed by atoms with Crippen LogP contribution < -0.4 is 5.46 Å². The number of fused-ring (bicyclic) bond motifs is 3. The first-order valence-electron chi connectivity index (χ1n) is 9.70. The molecular weight excluding hydrogens is 321 g/mol. The van der Waals surface area contributed by atoms with Crippen LogP contribution in [0.5, 0.6) is 0 Å². The number of nitrogens with zero attached hydrogens (tertiary/aromatic N) is 1. The Kier molecular flexibility index (Phi) is 4.16. The van der Waals surface area contributed by atoms with Crippen molar-refractivity contribution in [2.24, 2.45) is 0 Å². The molecule has 0 amide bonds. The molecule has 4 rings (SSSR count). The number of benzene rings is 2. The number of aromatic nitrogens is 1. The Balaban J connectivity index is 1.82. The largest absolute Gasteiger partial charge is 0.494 e. The zero-order valence-electron chi connectivity index (χ0n) is 16.5. The molecule has 2 aromatic carbocycles. The number of hydrogen-bond acceptors (Lipinski definition) is 2. The Labute approximate surface area is 156 Å². The zero-order chi connectivity index (χ0) is 18.5. The number of aryl methyl sites for hydroxylation is 1. The fourth-order valence-corrected chi connectivity index (χ4v) is 3.75. The van der Waals surface area contributed by atoms with Crippen molar-refractivity contribution in [3.63, 3.8) is 0 Å². The number of rotatable bonds is 4. The van der Waals surface area contributed by atoms with Crippen molar-refractivity contribution < 1.29 is 9.31 Å². The van der Waals surface area contributed by atoms with Gasteiger partial charge in [-0.3, -0.25) is 0 Å². The van der Waals surface area contributed by atoms with Crippen LogP contribution in [0.15, 0.2) is 42.5 Å². The fourth-order valence-electron chi connectivity index (χ4n) is 3.75. The van der Waals surface area contributed by atoms with Crippen LogP contribution >= 0.6 is 0 Å². The molecule has 0 saturated carbocycles. The lowest BCUT2D eigenvalue weighted by Crippen LogP contribution is -2.41. The van der Waals surface area contributed by atoms with Crippen LogP contribution in [0.3, 0.4) is 0 Å². The van der Waals surface area contributed by atoms with Crippen LogP contribution in [0.4, 0.5) is 0 Å². The predicted octanol–water partition coefficient (Wildman–Crippen LogP) is 4.89. The van der Waals surface area contributed by atoms with E-state index in [0.29, 0.717) is 0 Å². The maximum absolute atomic E-state index is 6.25. The smallest absolute Gasteiger partial charge is 0.399 e. The minimum absolute atomic E-state index is 0.317. The lowest BCUT2D eigenvalue weighted by Gasteiger charge is -2.32. The van der Waals surface area contributed by atoms with Crippen molar-refractivity contribution in [3.05, 3.63) is 42.5 Å². The molecule has 0 aliphatic carbocycles. The molecule has 4 heteroatoms. The molecule has 3 nitrogen and oxygen atoms in total. The lowest BCUT2D eigenvalue weighted by atomic mass is 9.78. The second-order valence-electron chi connectivity index (χ2n) is 8.39. The molecule has 0 radical (unpaired) electrons. The normalized spacial score (nSPS) is 18.9. The van der Waals surface area contributed by atoms with Gasteiger partial charge in [-0.15, -0.1) is 0 Å². The summed E-state index contributed by atoms with van der Waals surface area (Å²) in [4.78, 5) is 0. The molecule has 3 aromatic rings. The first-order valence-corrected chi connectivity index (χ1v) is 9.70. The molecule has 1 aliphatic heterocycles. The van der Waals surface area contributed by atoms with Gasteiger partial charge < -0.3 is 13.9 Å². The van der Waals surface area contributed by atoms with E-state index < -0.39 is 0 Å². The SMILES string of the molecule is CCCCn1c2ccccc2c2cc(B3OC(C)(C)C(C)(C)O3)ccc21. The quantitative estimate of drug-likeness (QED) is 0.626. The Bertz CT molecular complexity index is 941. The van der Waals surface area contributed by atoms with Gasteiger partial charge in [0.05, 0.1) is 11.2 Å². The van der Waals surface area contributed by atoms with E-state index in [1.165, 1.54) is 34.6 Å². The first-order chi connectivity index (χ1) is 12.3. The van der Waals surface area contributed by atoms with Gasteiger partial charge in [0.15, 0.2) is 0 Å². The third-order valence-electron chi connectivity index (χ3n) is 6.06. The minimum Gasteiger partial charge on any atom is -0.399 e. The van der Waals surface area contributed by atoms with Crippen LogP contribution in [0.1, 0.15) is 47.5 Å². The van der Waals surface area contributed by atoms with Crippen molar-refractivity contribution in [3.8, 4) is 0 Å². The van der Waals surface area contributed by atoms with Gasteiger partial charge in [-0.1, -0.05) is 43.7 Å². The van der Waals surface area contributed by atoms with Crippen molar-refractivity contribution in [1.82, 2.24) is 4.57 Å². The third kappa shape index (κ3) is 2.67. The van der Waals surface area contributed by atoms with Gasteiger partial charge in [0.2, 0.25) is 0 Å². The molecule has 0 unspecified atom stereocenters. The summed E-state index contributed by atoms with van der Waals surface area (Å²) in [6, 6.07) is 15.3. The summed E-state index contributed by atoms with van der Waals surface area (Å²) in [6.45, 7) is 11.7. The summed E-state index contributed by atoms with van der Waals surface area (Å²) < 4.78 is 15.0. The summed E-state index contributed by atoms with van der Waals surface area (Å²) in [5.74, 6) is 0. The van der Waals surface area contributed by atoms with Gasteiger partial charge >= 0.3 is 7.12 Å². The molecule has 136 valence electrons. The number of unbranched alkanes of at least 4 members (excludes halogenated alkanes) is 1. The minimum atomic E-state index is -0.318. The topological polar surface area (TPSA) is 23.4 Å². The van der Waals surface area contributed by atoms with Gasteiger partial charge in [-0.2, -0.15) is 0 Å². The summed E-state index contributed by atoms with van der Waals surface area (Å²) in [5.41, 5.74) is 3.06. The fraction of sp³-hybridized carbons (Fsp3) is 0.455. The molecule has 0 N–H and O–H groups in total. The average molecular weight is 349 g/mol. The standard InChI is InChI=1S/C22H28BNO2/c1-6-7-14-24-19-11-9-8-10-17(19)18-15-16(12-13-20(18)24)23-25-21(2,3)22(4,5)26-23/h8-13,15H,6-7,14H2,1-5H3. The summed E-state index contributed by atoms with van der Waals surface area (Å²) in [5, 5.41) is 2.58. The van der Waals surface area contributed by atoms with Crippen LogP contribution in [0.25, 0.3) is 21.8 Å². The Morgan fingerprint density at radius 2 is 1.54 bits per heavy atom. The van der Waals surface area contributed by atoms with Crippen molar-refractivity contribution in [1.29, 1.82) is 0 Å². The monoisotopic (exact) mass is 349 g/mol. The molecule has 0 spiro atoms. The molecule has 1 aliphatic rings. The molecule has 2 heterocycles. The number of hydrogen-bond donors (Lipinski definition) is 0. The van der Waals surface area contributed by atoms with Crippen molar-refractivity contribution in [2.75, 3.05) is 0 Å². The highest BCUT2D eigenvalue weighted by Crippen LogP contribution is 2.37. The van der Waals surface area contributed by atoms with E-state index >= 15 is 0 Å². The Morgan fingerprint density at radius 3 is 2.23 bits per heavy atom. The molecule has 26 heavy (non-hydrogen) atoms. The van der Waals surface area contributed by atoms with E-state index in [1.807, 2.05) is 0 Å². The highest BCUT2D eigenvalue weighted by molar-refractivity contribution is 6.62. The van der Waals surface area contributed by atoms with Crippen LogP contribution in [-0.2, 0) is 15.9 Å². The van der Waals surface area contributed by atoms with E-state index in [0.717, 1.165) is 12.0 Å². The van der Waals surface area contributed by atoms with Crippen LogP contribution in [-0.4, -0.2) is 22.9 Å². The summed E-state index contributed by atoms with van der Waals surface area (Å²) in [6.07, 6.45) is 2.38. The Morgan fingerprint density at radius 1 is 0.885 bits per heavy atom. The maximum Gasteiger partial charge on any atom is 0.494 e. The van der Waals surface area contributed by atoms with Gasteiger partial charge in [-0.25, -0.2) is 0 Å². The van der Waals surface area contributed by atoms with Gasteiger partial charge in [0.25, 0.3) is 0 Å². The second kappa shape index (κ2) is 6.14. The second-order valence-corrected chi connectivity index (χ2v) is 8.39. The summed E-state index contributed by atoms with van der Waals surface area (Å²) in [7, 11) is -0.317. The highest BCUT2D eigenvalue weighted by Gasteiger charge is 2.51. The van der Waals surface area contributed by atoms with Gasteiger partial charge in [0, 0.05) is 28.4 Å². The van der Waals surface area contributed by atoms with Crippen LogP contribution in [0.2, 0.25) is 0 Å².